The molecule has 0 radical (unpaired) electrons. The van der Waals surface area contributed by atoms with Gasteiger partial charge in [0.25, 0.3) is 0 Å². The van der Waals surface area contributed by atoms with E-state index >= 15 is 0 Å². The molecule has 0 heterocycles. The molecule has 0 bridgehead atoms. The zero-order valence-electron chi connectivity index (χ0n) is 13.9. The minimum absolute atomic E-state index is 0.00938. The van der Waals surface area contributed by atoms with Crippen LogP contribution in [0.25, 0.3) is 0 Å². The molecule has 0 aliphatic heterocycles. The molecular formula is C15H29FO4Si. The van der Waals surface area contributed by atoms with Crippen LogP contribution in [0, 0.1) is 0 Å². The molecule has 0 fully saturated rings. The molecule has 0 N–H and O–H groups in total. The summed E-state index contributed by atoms with van der Waals surface area (Å²) >= 11 is 0. The molecule has 0 aliphatic rings. The molecule has 1 atom stereocenters. The molecule has 0 aromatic rings. The first-order valence-electron chi connectivity index (χ1n) is 7.20. The van der Waals surface area contributed by atoms with Crippen molar-refractivity contribution in [3.63, 3.8) is 0 Å². The maximum absolute atomic E-state index is 14.6. The second-order valence-corrected chi connectivity index (χ2v) is 10.5. The number of hydrogen-bond donors (Lipinski definition) is 0. The van der Waals surface area contributed by atoms with E-state index in [-0.39, 0.29) is 18.0 Å². The highest BCUT2D eigenvalue weighted by Gasteiger charge is 2.29. The summed E-state index contributed by atoms with van der Waals surface area (Å²) in [7, 11) is -0.522. The average Bonchev–Trinajstić information content (AvgIpc) is 2.43. The van der Waals surface area contributed by atoms with Crippen molar-refractivity contribution < 1.29 is 23.3 Å². The fourth-order valence-corrected chi connectivity index (χ4v) is 2.51. The Hall–Kier alpha value is -0.693. The van der Waals surface area contributed by atoms with Gasteiger partial charge in [0, 0.05) is 7.11 Å². The fraction of sp³-hybridized carbons (Fsp3) is 0.733. The van der Waals surface area contributed by atoms with Gasteiger partial charge in [0.2, 0.25) is 0 Å². The number of ether oxygens (including phenoxy) is 4. The van der Waals surface area contributed by atoms with Crippen molar-refractivity contribution in [1.82, 2.24) is 0 Å². The molecule has 4 nitrogen and oxygen atoms in total. The lowest BCUT2D eigenvalue weighted by Crippen LogP contribution is -2.29. The topological polar surface area (TPSA) is 36.9 Å². The van der Waals surface area contributed by atoms with Crippen molar-refractivity contribution in [2.24, 2.45) is 0 Å². The molecule has 0 aromatic heterocycles. The van der Waals surface area contributed by atoms with E-state index in [2.05, 4.69) is 6.58 Å². The highest BCUT2D eigenvalue weighted by molar-refractivity contribution is 6.82. The number of rotatable bonds is 12. The van der Waals surface area contributed by atoms with Gasteiger partial charge in [-0.1, -0.05) is 32.6 Å². The lowest BCUT2D eigenvalue weighted by atomic mass is 10.2. The van der Waals surface area contributed by atoms with Crippen molar-refractivity contribution in [3.05, 3.63) is 23.9 Å². The van der Waals surface area contributed by atoms with Crippen LogP contribution in [-0.2, 0) is 18.9 Å². The molecule has 0 amide bonds. The number of methoxy groups -OCH3 is 1. The third-order valence-corrected chi connectivity index (χ3v) is 4.25. The molecule has 0 aliphatic carbocycles. The van der Waals surface area contributed by atoms with Crippen LogP contribution in [0.1, 0.15) is 13.3 Å². The minimum Gasteiger partial charge on any atom is -0.467 e. The number of hydrogen-bond acceptors (Lipinski definition) is 4. The van der Waals surface area contributed by atoms with Crippen molar-refractivity contribution in [2.75, 3.05) is 33.7 Å². The third-order valence-electron chi connectivity index (χ3n) is 2.68. The molecule has 0 rings (SSSR count). The highest BCUT2D eigenvalue weighted by atomic mass is 28.3. The zero-order valence-corrected chi connectivity index (χ0v) is 14.9. The molecule has 0 saturated heterocycles. The molecule has 0 aromatic carbocycles. The Kier molecular flexibility index (Phi) is 10.6. The van der Waals surface area contributed by atoms with Gasteiger partial charge < -0.3 is 18.9 Å². The second kappa shape index (κ2) is 11.0. The molecular weight excluding hydrogens is 291 g/mol. The Balaban J connectivity index is 4.87. The van der Waals surface area contributed by atoms with E-state index in [4.69, 9.17) is 18.9 Å². The van der Waals surface area contributed by atoms with Crippen LogP contribution in [0.15, 0.2) is 23.9 Å². The van der Waals surface area contributed by atoms with Gasteiger partial charge in [0.05, 0.1) is 19.8 Å². The smallest absolute Gasteiger partial charge is 0.188 e. The van der Waals surface area contributed by atoms with E-state index < -0.39 is 14.2 Å². The van der Waals surface area contributed by atoms with E-state index in [9.17, 15) is 4.39 Å². The maximum atomic E-state index is 14.6. The minimum atomic E-state index is -2.12. The highest BCUT2D eigenvalue weighted by Crippen LogP contribution is 2.25. The summed E-state index contributed by atoms with van der Waals surface area (Å²) in [6.45, 7) is 12.6. The average molecular weight is 320 g/mol. The molecule has 21 heavy (non-hydrogen) atoms. The van der Waals surface area contributed by atoms with Crippen LogP contribution in [0.5, 0.6) is 0 Å². The number of halogens is 1. The van der Waals surface area contributed by atoms with Gasteiger partial charge in [0.1, 0.15) is 19.6 Å². The summed E-state index contributed by atoms with van der Waals surface area (Å²) < 4.78 is 35.9. The Bertz CT molecular complexity index is 326. The largest absolute Gasteiger partial charge is 0.467 e. The predicted octanol–water partition coefficient (Wildman–Crippen LogP) is 3.66. The molecule has 0 spiro atoms. The maximum Gasteiger partial charge on any atom is 0.188 e. The standard InChI is InChI=1S/C15H29FO4Si/c1-7-9-19-13(8-2)14(15(16)21(4,5)6)20-12-18-11-10-17-3/h7,13H,1,8-12H2,2-6H3/b15-14-. The monoisotopic (exact) mass is 320 g/mol. The summed E-state index contributed by atoms with van der Waals surface area (Å²) in [5.41, 5.74) is -0.186. The van der Waals surface area contributed by atoms with E-state index in [1.165, 1.54) is 0 Å². The van der Waals surface area contributed by atoms with Gasteiger partial charge in [-0.15, -0.1) is 6.58 Å². The first kappa shape index (κ1) is 20.3. The third kappa shape index (κ3) is 8.36. The Morgan fingerprint density at radius 2 is 1.95 bits per heavy atom. The molecule has 0 saturated carbocycles. The first-order chi connectivity index (χ1) is 9.88. The van der Waals surface area contributed by atoms with E-state index in [1.807, 2.05) is 26.6 Å². The van der Waals surface area contributed by atoms with Crippen molar-refractivity contribution in [3.8, 4) is 0 Å². The Morgan fingerprint density at radius 3 is 2.43 bits per heavy atom. The van der Waals surface area contributed by atoms with Crippen LogP contribution in [-0.4, -0.2) is 47.9 Å². The first-order valence-corrected chi connectivity index (χ1v) is 10.7. The van der Waals surface area contributed by atoms with E-state index in [0.29, 0.717) is 26.2 Å². The van der Waals surface area contributed by atoms with Gasteiger partial charge in [-0.2, -0.15) is 0 Å². The summed E-state index contributed by atoms with van der Waals surface area (Å²) in [5.74, 6) is 0.260. The van der Waals surface area contributed by atoms with Crippen LogP contribution < -0.4 is 0 Å². The summed E-state index contributed by atoms with van der Waals surface area (Å²) in [4.78, 5) is 0. The van der Waals surface area contributed by atoms with Crippen LogP contribution in [0.4, 0.5) is 4.39 Å². The van der Waals surface area contributed by atoms with Crippen molar-refractivity contribution >= 4 is 8.07 Å². The summed E-state index contributed by atoms with van der Waals surface area (Å²) in [5, 5.41) is 0. The van der Waals surface area contributed by atoms with E-state index in [1.54, 1.807) is 13.2 Å². The van der Waals surface area contributed by atoms with Crippen LogP contribution in [0.2, 0.25) is 19.6 Å². The Labute approximate surface area is 128 Å². The molecule has 6 heteroatoms. The molecule has 124 valence electrons. The summed E-state index contributed by atoms with van der Waals surface area (Å²) in [6, 6.07) is 0. The Morgan fingerprint density at radius 1 is 1.29 bits per heavy atom. The second-order valence-electron chi connectivity index (χ2n) is 5.61. The predicted molar refractivity (Wildman–Crippen MR) is 85.5 cm³/mol. The zero-order chi connectivity index (χ0) is 16.3. The van der Waals surface area contributed by atoms with Gasteiger partial charge in [-0.05, 0) is 6.42 Å². The fourth-order valence-electron chi connectivity index (χ4n) is 1.54. The van der Waals surface area contributed by atoms with Gasteiger partial charge >= 0.3 is 0 Å². The van der Waals surface area contributed by atoms with Crippen LogP contribution in [0.3, 0.4) is 0 Å². The van der Waals surface area contributed by atoms with Crippen molar-refractivity contribution in [2.45, 2.75) is 39.1 Å². The normalized spacial score (nSPS) is 14.6. The van der Waals surface area contributed by atoms with Gasteiger partial charge in [-0.25, -0.2) is 4.39 Å². The molecule has 1 unspecified atom stereocenters. The van der Waals surface area contributed by atoms with E-state index in [0.717, 1.165) is 0 Å². The quantitative estimate of drug-likeness (QED) is 0.181. The SMILES string of the molecule is C=CCOC(CC)/C(OCOCCOC)=C(\F)[Si](C)(C)C. The van der Waals surface area contributed by atoms with Gasteiger partial charge in [0.15, 0.2) is 12.6 Å². The summed E-state index contributed by atoms with van der Waals surface area (Å²) in [6.07, 6.45) is 1.85. The van der Waals surface area contributed by atoms with Crippen LogP contribution >= 0.6 is 0 Å². The lowest BCUT2D eigenvalue weighted by molar-refractivity contribution is -0.0637. The van der Waals surface area contributed by atoms with Gasteiger partial charge in [-0.3, -0.25) is 0 Å². The van der Waals surface area contributed by atoms with Crippen molar-refractivity contribution in [1.29, 1.82) is 0 Å². The lowest BCUT2D eigenvalue weighted by Gasteiger charge is -2.24.